The summed E-state index contributed by atoms with van der Waals surface area (Å²) < 4.78 is 17.8. The standard InChI is InChI=1S/C19H16N2O2S.C16H14ClN3O6S.C15H11FN2OS.C14H12N4OS/c20-17(22)16-14-9-4-10-15(14)24-19(16)21-18(23)13-8-3-6-11-5-1-2-7-12(11)13;1-8-12(16(23)26-2)15(19-11(21)7-17)27-13(8)14(22)18-9-4-3-5-10(6-9)20(24)25;16-10-4-1-3-9(7-10)14(19)18-15-12(8-17)11-5-2-6-13(11)20-15;15-7-10-9-3-1-2-4-12(9)20-14(10)18-13(19)11-8-16-5-6-17-11/h1-3,5-8H,4,9-10H2,(H2,20,22)(H,21,23);3-6H,7H2,1-2H3,(H,18,22)(H,19,21);1,3-4,7H,2,5-6H2,(H,18,19);5-6,8H,1-4H2,(H,18,19). The van der Waals surface area contributed by atoms with Gasteiger partial charge in [-0.05, 0) is 134 Å². The van der Waals surface area contributed by atoms with Gasteiger partial charge < -0.3 is 37.1 Å². The second-order valence-corrected chi connectivity index (χ2v) is 24.9. The summed E-state index contributed by atoms with van der Waals surface area (Å²) in [5.41, 5.74) is 11.9. The highest BCUT2D eigenvalue weighted by Crippen LogP contribution is 2.42. The lowest BCUT2D eigenvalue weighted by molar-refractivity contribution is -0.384. The van der Waals surface area contributed by atoms with Gasteiger partial charge >= 0.3 is 5.97 Å². The number of nitrogens with two attached hydrogens (primary N) is 1. The van der Waals surface area contributed by atoms with Crippen LogP contribution in [0.2, 0.25) is 0 Å². The zero-order chi connectivity index (χ0) is 64.9. The Balaban J connectivity index is 0.000000145. The SMILES string of the molecule is COC(=O)c1c(NC(=O)CCl)sc(C(=O)Nc2cccc([N+](=O)[O-])c2)c1C.N#Cc1c(NC(=O)c2cccc(F)c2)sc2c1CCC2.N#Cc1c(NC(=O)c2cnccn2)sc2c1CCCC2.NC(=O)c1c(NC(=O)c2cccc3ccccc23)sc2c1CCC2. The molecule has 0 fully saturated rings. The summed E-state index contributed by atoms with van der Waals surface area (Å²) in [7, 11) is 1.18. The number of ether oxygens (including phenoxy) is 1. The number of primary amides is 1. The molecule has 462 valence electrons. The van der Waals surface area contributed by atoms with Gasteiger partial charge in [0.25, 0.3) is 35.2 Å². The number of anilines is 5. The van der Waals surface area contributed by atoms with Crippen LogP contribution in [0.1, 0.15) is 135 Å². The van der Waals surface area contributed by atoms with Gasteiger partial charge in [-0.25, -0.2) is 14.2 Å². The monoisotopic (exact) mass is 1320 g/mol. The van der Waals surface area contributed by atoms with Crippen LogP contribution in [0.3, 0.4) is 0 Å². The first kappa shape index (κ1) is 65.4. The number of halogens is 2. The number of nitrogens with one attached hydrogen (secondary N) is 5. The molecule has 9 aromatic rings. The molecule has 0 radical (unpaired) electrons. The molecule has 5 aromatic heterocycles. The van der Waals surface area contributed by atoms with E-state index in [-0.39, 0.29) is 61.7 Å². The van der Waals surface area contributed by atoms with E-state index < -0.39 is 34.4 Å². The van der Waals surface area contributed by atoms with Crippen LogP contribution >= 0.6 is 56.9 Å². The minimum Gasteiger partial charge on any atom is -0.465 e. The Morgan fingerprint density at radius 3 is 1.91 bits per heavy atom. The Morgan fingerprint density at radius 2 is 1.26 bits per heavy atom. The number of carbonyl (C=O) groups excluding carboxylic acids is 7. The fourth-order valence-corrected chi connectivity index (χ4v) is 15.3. The summed E-state index contributed by atoms with van der Waals surface area (Å²) in [4.78, 5) is 107. The number of amides is 6. The number of esters is 1. The van der Waals surface area contributed by atoms with Gasteiger partial charge in [-0.2, -0.15) is 10.5 Å². The lowest BCUT2D eigenvalue weighted by Crippen LogP contribution is -2.18. The number of nitriles is 2. The highest BCUT2D eigenvalue weighted by atomic mass is 35.5. The van der Waals surface area contributed by atoms with Crippen molar-refractivity contribution in [2.75, 3.05) is 39.6 Å². The van der Waals surface area contributed by atoms with Crippen LogP contribution in [0.4, 0.5) is 35.8 Å². The predicted molar refractivity (Wildman–Crippen MR) is 349 cm³/mol. The maximum absolute atomic E-state index is 13.1. The summed E-state index contributed by atoms with van der Waals surface area (Å²) in [5.74, 6) is -4.03. The second kappa shape index (κ2) is 29.9. The van der Waals surface area contributed by atoms with Crippen LogP contribution in [0.25, 0.3) is 10.8 Å². The van der Waals surface area contributed by atoms with Crippen molar-refractivity contribution in [2.24, 2.45) is 5.73 Å². The van der Waals surface area contributed by atoms with Gasteiger partial charge in [-0.15, -0.1) is 56.9 Å². The van der Waals surface area contributed by atoms with E-state index in [2.05, 4.69) is 48.7 Å². The summed E-state index contributed by atoms with van der Waals surface area (Å²) in [6.07, 6.45) is 14.3. The maximum Gasteiger partial charge on any atom is 0.341 e. The number of hydrogen-bond acceptors (Lipinski definition) is 18. The molecule has 0 unspecified atom stereocenters. The van der Waals surface area contributed by atoms with Gasteiger partial charge in [0.15, 0.2) is 0 Å². The molecule has 21 nitrogen and oxygen atoms in total. The zero-order valence-electron chi connectivity index (χ0n) is 48.5. The highest BCUT2D eigenvalue weighted by Gasteiger charge is 2.30. The molecule has 6 amide bonds. The number of benzene rings is 4. The fraction of sp³-hybridized carbons (Fsp3) is 0.203. The third kappa shape index (κ3) is 15.3. The average molecular weight is 1320 g/mol. The Labute approximate surface area is 540 Å². The molecule has 91 heavy (non-hydrogen) atoms. The van der Waals surface area contributed by atoms with E-state index >= 15 is 0 Å². The molecule has 0 aliphatic heterocycles. The Morgan fingerprint density at radius 1 is 0.670 bits per heavy atom. The van der Waals surface area contributed by atoms with E-state index in [1.54, 1.807) is 12.1 Å². The van der Waals surface area contributed by atoms with Crippen molar-refractivity contribution in [1.82, 2.24) is 9.97 Å². The quantitative estimate of drug-likeness (QED) is 0.0271. The molecule has 0 saturated carbocycles. The third-order valence-electron chi connectivity index (χ3n) is 14.5. The van der Waals surface area contributed by atoms with Crippen molar-refractivity contribution in [2.45, 2.75) is 71.1 Å². The van der Waals surface area contributed by atoms with E-state index in [0.29, 0.717) is 42.8 Å². The minimum absolute atomic E-state index is 0.0464. The molecule has 7 N–H and O–H groups in total. The number of alkyl halides is 1. The first-order valence-electron chi connectivity index (χ1n) is 28.0. The van der Waals surface area contributed by atoms with E-state index in [9.17, 15) is 58.6 Å². The first-order valence-corrected chi connectivity index (χ1v) is 31.8. The van der Waals surface area contributed by atoms with Gasteiger partial charge in [-0.1, -0.05) is 48.5 Å². The number of hydrogen-bond donors (Lipinski definition) is 6. The first-order chi connectivity index (χ1) is 43.9. The number of nitrogens with zero attached hydrogens (tertiary/aromatic N) is 5. The summed E-state index contributed by atoms with van der Waals surface area (Å²) >= 11 is 10.8. The average Bonchev–Trinajstić information content (AvgIpc) is 1.87. The largest absolute Gasteiger partial charge is 0.465 e. The highest BCUT2D eigenvalue weighted by molar-refractivity contribution is 7.19. The number of methoxy groups -OCH3 is 1. The molecule has 0 atom stereocenters. The molecule has 0 spiro atoms. The number of nitro groups is 1. The van der Waals surface area contributed by atoms with Crippen molar-refractivity contribution < 1.29 is 47.6 Å². The fourth-order valence-electron chi connectivity index (χ4n) is 10.3. The van der Waals surface area contributed by atoms with Crippen molar-refractivity contribution in [1.29, 1.82) is 10.5 Å². The molecular formula is C64H53ClFN11O10S4. The van der Waals surface area contributed by atoms with E-state index in [0.717, 1.165) is 108 Å². The van der Waals surface area contributed by atoms with Crippen LogP contribution in [0, 0.1) is 45.5 Å². The number of nitro benzene ring substituents is 1. The second-order valence-electron chi connectivity index (χ2n) is 20.3. The molecule has 3 aliphatic carbocycles. The number of thiophene rings is 4. The topological polar surface area (TPSA) is 331 Å². The summed E-state index contributed by atoms with van der Waals surface area (Å²) in [6, 6.07) is 28.7. The van der Waals surface area contributed by atoms with E-state index in [1.807, 2.05) is 36.4 Å². The van der Waals surface area contributed by atoms with Gasteiger partial charge in [0.1, 0.15) is 49.5 Å². The molecular weight excluding hydrogens is 1270 g/mol. The predicted octanol–water partition coefficient (Wildman–Crippen LogP) is 13.0. The number of aromatic nitrogens is 2. The van der Waals surface area contributed by atoms with E-state index in [1.165, 1.54) is 119 Å². The third-order valence-corrected chi connectivity index (χ3v) is 19.6. The zero-order valence-corrected chi connectivity index (χ0v) is 52.5. The lowest BCUT2D eigenvalue weighted by atomic mass is 9.96. The number of rotatable bonds is 13. The van der Waals surface area contributed by atoms with Crippen LogP contribution in [-0.2, 0) is 48.1 Å². The molecule has 4 aromatic carbocycles. The Kier molecular flexibility index (Phi) is 21.5. The van der Waals surface area contributed by atoms with Crippen molar-refractivity contribution in [3.05, 3.63) is 206 Å². The van der Waals surface area contributed by atoms with Crippen molar-refractivity contribution in [3.63, 3.8) is 0 Å². The normalized spacial score (nSPS) is 12.2. The molecule has 12 rings (SSSR count). The van der Waals surface area contributed by atoms with Crippen LogP contribution in [-0.4, -0.2) is 69.3 Å². The molecule has 3 aliphatic rings. The maximum atomic E-state index is 13.1. The Bertz CT molecular complexity index is 4430. The molecule has 5 heterocycles. The van der Waals surface area contributed by atoms with Gasteiger partial charge in [0.05, 0.1) is 45.4 Å². The van der Waals surface area contributed by atoms with Crippen molar-refractivity contribution >= 4 is 141 Å². The van der Waals surface area contributed by atoms with Crippen LogP contribution < -0.4 is 32.3 Å². The summed E-state index contributed by atoms with van der Waals surface area (Å²) in [5, 5.41) is 46.6. The minimum atomic E-state index is -0.719. The van der Waals surface area contributed by atoms with Gasteiger partial charge in [-0.3, -0.25) is 43.9 Å². The Hall–Kier alpha value is -10.1. The van der Waals surface area contributed by atoms with Crippen LogP contribution in [0.15, 0.2) is 110 Å². The summed E-state index contributed by atoms with van der Waals surface area (Å²) in [6.45, 7) is 1.53. The van der Waals surface area contributed by atoms with E-state index in [4.69, 9.17) is 22.1 Å². The van der Waals surface area contributed by atoms with Gasteiger partial charge in [0, 0.05) is 56.0 Å². The molecule has 0 saturated heterocycles. The number of non-ortho nitro benzene ring substituents is 1. The van der Waals surface area contributed by atoms with Crippen LogP contribution in [0.5, 0.6) is 0 Å². The number of carbonyl (C=O) groups is 7. The molecule has 27 heteroatoms. The molecule has 0 bridgehead atoms. The number of aryl methyl sites for hydroxylation is 3. The van der Waals surface area contributed by atoms with Gasteiger partial charge in [0.2, 0.25) is 5.91 Å². The lowest BCUT2D eigenvalue weighted by Gasteiger charge is -2.09. The van der Waals surface area contributed by atoms with Crippen molar-refractivity contribution in [3.8, 4) is 12.1 Å². The smallest absolute Gasteiger partial charge is 0.341 e. The number of fused-ring (bicyclic) bond motifs is 4.